The largest absolute Gasteiger partial charge is 0.416 e. The van der Waals surface area contributed by atoms with E-state index in [2.05, 4.69) is 5.32 Å². The minimum atomic E-state index is -4.51. The predicted octanol–water partition coefficient (Wildman–Crippen LogP) is 3.81. The number of halogens is 4. The van der Waals surface area contributed by atoms with Gasteiger partial charge in [-0.05, 0) is 53.6 Å². The summed E-state index contributed by atoms with van der Waals surface area (Å²) in [6.07, 6.45) is -1.43. The van der Waals surface area contributed by atoms with Crippen LogP contribution >= 0.6 is 22.6 Å². The van der Waals surface area contributed by atoms with Crippen LogP contribution in [0.4, 0.5) is 18.9 Å². The molecule has 0 bridgehead atoms. The first-order chi connectivity index (χ1) is 12.7. The summed E-state index contributed by atoms with van der Waals surface area (Å²) in [5, 5.41) is 2.44. The standard InChI is InChI=1S/C18H18F3IN2O3/c19-18(20,21)10-5-6-13(22)14(9-10)23-15(25)7-8-24-16(26)11-3-1-2-4-12(11)17(24)27/h5-6,9,11-12H,1-4,7-8H2,(H,23,25). The summed E-state index contributed by atoms with van der Waals surface area (Å²) in [5.41, 5.74) is -0.796. The fourth-order valence-corrected chi connectivity index (χ4v) is 4.15. The molecule has 3 rings (SSSR count). The molecule has 2 fully saturated rings. The van der Waals surface area contributed by atoms with Gasteiger partial charge in [0.25, 0.3) is 0 Å². The van der Waals surface area contributed by atoms with E-state index in [0.29, 0.717) is 16.4 Å². The normalized spacial score (nSPS) is 22.7. The summed E-state index contributed by atoms with van der Waals surface area (Å²) in [4.78, 5) is 38.1. The fourth-order valence-electron chi connectivity index (χ4n) is 3.67. The van der Waals surface area contributed by atoms with Crippen molar-refractivity contribution < 1.29 is 27.6 Å². The summed E-state index contributed by atoms with van der Waals surface area (Å²) in [6, 6.07) is 3.10. The summed E-state index contributed by atoms with van der Waals surface area (Å²) in [6.45, 7) is -0.0496. The van der Waals surface area contributed by atoms with Gasteiger partial charge < -0.3 is 5.32 Å². The summed E-state index contributed by atoms with van der Waals surface area (Å²) >= 11 is 1.83. The lowest BCUT2D eigenvalue weighted by atomic mass is 9.81. The Morgan fingerprint density at radius 1 is 1.15 bits per heavy atom. The summed E-state index contributed by atoms with van der Waals surface area (Å²) < 4.78 is 38.9. The second-order valence-corrected chi connectivity index (χ2v) is 7.98. The maximum Gasteiger partial charge on any atom is 0.416 e. The quantitative estimate of drug-likeness (QED) is 0.512. The lowest BCUT2D eigenvalue weighted by Crippen LogP contribution is -2.34. The van der Waals surface area contributed by atoms with Crippen LogP contribution in [0.25, 0.3) is 0 Å². The molecule has 1 aromatic rings. The van der Waals surface area contributed by atoms with E-state index in [1.54, 1.807) is 0 Å². The fraction of sp³-hybridized carbons (Fsp3) is 0.500. The van der Waals surface area contributed by atoms with Gasteiger partial charge in [-0.2, -0.15) is 13.2 Å². The van der Waals surface area contributed by atoms with E-state index >= 15 is 0 Å². The molecule has 1 saturated heterocycles. The molecule has 0 aromatic heterocycles. The van der Waals surface area contributed by atoms with Crippen molar-refractivity contribution >= 4 is 46.0 Å². The van der Waals surface area contributed by atoms with Crippen LogP contribution in [0.5, 0.6) is 0 Å². The maximum atomic E-state index is 12.8. The Morgan fingerprint density at radius 2 is 1.74 bits per heavy atom. The maximum absolute atomic E-state index is 12.8. The lowest BCUT2D eigenvalue weighted by molar-refractivity contribution is -0.140. The zero-order chi connectivity index (χ0) is 19.8. The van der Waals surface area contributed by atoms with Gasteiger partial charge in [0.2, 0.25) is 17.7 Å². The third-order valence-electron chi connectivity index (χ3n) is 5.06. The van der Waals surface area contributed by atoms with Gasteiger partial charge >= 0.3 is 6.18 Å². The molecule has 2 atom stereocenters. The number of nitrogens with one attached hydrogen (secondary N) is 1. The summed E-state index contributed by atoms with van der Waals surface area (Å²) in [5.74, 6) is -1.56. The number of carbonyl (C=O) groups is 3. The molecule has 5 nitrogen and oxygen atoms in total. The van der Waals surface area contributed by atoms with Crippen LogP contribution in [0, 0.1) is 15.4 Å². The first-order valence-corrected chi connectivity index (χ1v) is 9.78. The number of hydrogen-bond acceptors (Lipinski definition) is 3. The molecule has 2 aliphatic rings. The molecule has 27 heavy (non-hydrogen) atoms. The topological polar surface area (TPSA) is 66.5 Å². The van der Waals surface area contributed by atoms with E-state index in [0.717, 1.165) is 29.9 Å². The second kappa shape index (κ2) is 7.76. The highest BCUT2D eigenvalue weighted by Crippen LogP contribution is 2.38. The molecule has 1 saturated carbocycles. The van der Waals surface area contributed by atoms with Gasteiger partial charge in [0, 0.05) is 16.5 Å². The highest BCUT2D eigenvalue weighted by molar-refractivity contribution is 14.1. The molecule has 9 heteroatoms. The van der Waals surface area contributed by atoms with Gasteiger partial charge in [0.05, 0.1) is 23.1 Å². The van der Waals surface area contributed by atoms with Crippen LogP contribution in [0.15, 0.2) is 18.2 Å². The Hall–Kier alpha value is -1.65. The van der Waals surface area contributed by atoms with Gasteiger partial charge in [-0.15, -0.1) is 0 Å². The Labute approximate surface area is 167 Å². The molecule has 1 aromatic carbocycles. The minimum absolute atomic E-state index is 0.0496. The van der Waals surface area contributed by atoms with Crippen LogP contribution < -0.4 is 5.32 Å². The molecule has 146 valence electrons. The number of rotatable bonds is 4. The molecule has 3 amide bonds. The van der Waals surface area contributed by atoms with E-state index in [9.17, 15) is 27.6 Å². The van der Waals surface area contributed by atoms with Gasteiger partial charge in [-0.1, -0.05) is 12.8 Å². The molecule has 0 spiro atoms. The van der Waals surface area contributed by atoms with Gasteiger partial charge in [-0.3, -0.25) is 19.3 Å². The van der Waals surface area contributed by atoms with Crippen molar-refractivity contribution in [2.75, 3.05) is 11.9 Å². The number of anilines is 1. The first-order valence-electron chi connectivity index (χ1n) is 8.70. The van der Waals surface area contributed by atoms with Gasteiger partial charge in [0.1, 0.15) is 0 Å². The monoisotopic (exact) mass is 494 g/mol. The van der Waals surface area contributed by atoms with Crippen LogP contribution in [-0.4, -0.2) is 29.2 Å². The Morgan fingerprint density at radius 3 is 2.30 bits per heavy atom. The van der Waals surface area contributed by atoms with E-state index in [4.69, 9.17) is 0 Å². The van der Waals surface area contributed by atoms with Crippen molar-refractivity contribution in [1.82, 2.24) is 4.90 Å². The number of likely N-dealkylation sites (tertiary alicyclic amines) is 1. The third kappa shape index (κ3) is 4.27. The SMILES string of the molecule is O=C(CCN1C(=O)C2CCCCC2C1=O)Nc1cc(C(F)(F)F)ccc1I. The number of benzene rings is 1. The van der Waals surface area contributed by atoms with E-state index in [-0.39, 0.29) is 42.3 Å². The number of nitrogens with zero attached hydrogens (tertiary/aromatic N) is 1. The molecule has 1 heterocycles. The second-order valence-electron chi connectivity index (χ2n) is 6.82. The van der Waals surface area contributed by atoms with Gasteiger partial charge in [-0.25, -0.2) is 0 Å². The van der Waals surface area contributed by atoms with Gasteiger partial charge in [0.15, 0.2) is 0 Å². The molecular formula is C18H18F3IN2O3. The lowest BCUT2D eigenvalue weighted by Gasteiger charge is -2.19. The van der Waals surface area contributed by atoms with Crippen LogP contribution in [0.3, 0.4) is 0 Å². The van der Waals surface area contributed by atoms with Crippen molar-refractivity contribution in [2.45, 2.75) is 38.3 Å². The smallest absolute Gasteiger partial charge is 0.325 e. The number of carbonyl (C=O) groups excluding carboxylic acids is 3. The van der Waals surface area contributed by atoms with Crippen LogP contribution in [0.2, 0.25) is 0 Å². The number of amides is 3. The van der Waals surface area contributed by atoms with Crippen molar-refractivity contribution in [3.8, 4) is 0 Å². The molecule has 0 radical (unpaired) electrons. The molecular weight excluding hydrogens is 476 g/mol. The molecule has 1 N–H and O–H groups in total. The summed E-state index contributed by atoms with van der Waals surface area (Å²) in [7, 11) is 0. The van der Waals surface area contributed by atoms with Crippen LogP contribution in [-0.2, 0) is 20.6 Å². The zero-order valence-corrected chi connectivity index (χ0v) is 16.5. The first kappa shape index (κ1) is 20.1. The Balaban J connectivity index is 1.62. The minimum Gasteiger partial charge on any atom is -0.325 e. The number of alkyl halides is 3. The molecule has 1 aliphatic carbocycles. The predicted molar refractivity (Wildman–Crippen MR) is 99.6 cm³/mol. The number of hydrogen-bond donors (Lipinski definition) is 1. The van der Waals surface area contributed by atoms with E-state index in [1.807, 2.05) is 22.6 Å². The number of fused-ring (bicyclic) bond motifs is 1. The highest BCUT2D eigenvalue weighted by atomic mass is 127. The average Bonchev–Trinajstić information content (AvgIpc) is 2.85. The van der Waals surface area contributed by atoms with Crippen molar-refractivity contribution in [3.63, 3.8) is 0 Å². The number of imide groups is 1. The van der Waals surface area contributed by atoms with E-state index < -0.39 is 17.6 Å². The highest BCUT2D eigenvalue weighted by Gasteiger charge is 2.47. The van der Waals surface area contributed by atoms with Crippen molar-refractivity contribution in [3.05, 3.63) is 27.3 Å². The van der Waals surface area contributed by atoms with Crippen molar-refractivity contribution in [2.24, 2.45) is 11.8 Å². The Kier molecular flexibility index (Phi) is 5.78. The van der Waals surface area contributed by atoms with E-state index in [1.165, 1.54) is 6.07 Å². The Bertz CT molecular complexity index is 758. The third-order valence-corrected chi connectivity index (χ3v) is 6.00. The molecule has 2 unspecified atom stereocenters. The van der Waals surface area contributed by atoms with Crippen molar-refractivity contribution in [1.29, 1.82) is 0 Å². The average molecular weight is 494 g/mol. The van der Waals surface area contributed by atoms with Crippen LogP contribution in [0.1, 0.15) is 37.7 Å². The molecule has 1 aliphatic heterocycles. The zero-order valence-electron chi connectivity index (χ0n) is 14.3.